The number of nitriles is 1. The Bertz CT molecular complexity index is 733. The molecule has 0 saturated heterocycles. The number of esters is 1. The van der Waals surface area contributed by atoms with Crippen molar-refractivity contribution in [1.82, 2.24) is 5.32 Å². The van der Waals surface area contributed by atoms with E-state index >= 15 is 0 Å². The molecular weight excluding hydrogens is 304 g/mol. The van der Waals surface area contributed by atoms with Gasteiger partial charge in [-0.25, -0.2) is 4.79 Å². The Labute approximate surface area is 140 Å². The predicted molar refractivity (Wildman–Crippen MR) is 89.0 cm³/mol. The molecule has 122 valence electrons. The van der Waals surface area contributed by atoms with E-state index in [1.54, 1.807) is 24.3 Å². The number of carbonyl (C=O) groups is 2. The van der Waals surface area contributed by atoms with E-state index in [0.717, 1.165) is 11.1 Å². The van der Waals surface area contributed by atoms with Crippen LogP contribution < -0.4 is 5.32 Å². The Balaban J connectivity index is 2.03. The smallest absolute Gasteiger partial charge is 0.328 e. The number of benzene rings is 2. The van der Waals surface area contributed by atoms with E-state index in [1.807, 2.05) is 36.4 Å². The van der Waals surface area contributed by atoms with Gasteiger partial charge in [0.05, 0.1) is 25.2 Å². The summed E-state index contributed by atoms with van der Waals surface area (Å²) in [6.45, 7) is 0. The molecule has 5 heteroatoms. The maximum Gasteiger partial charge on any atom is 0.328 e. The van der Waals surface area contributed by atoms with Crippen molar-refractivity contribution in [3.8, 4) is 6.07 Å². The minimum absolute atomic E-state index is 0.196. The monoisotopic (exact) mass is 322 g/mol. The summed E-state index contributed by atoms with van der Waals surface area (Å²) in [5.74, 6) is -0.744. The minimum atomic E-state index is -0.765. The van der Waals surface area contributed by atoms with Gasteiger partial charge in [0.2, 0.25) is 5.91 Å². The van der Waals surface area contributed by atoms with E-state index in [0.29, 0.717) is 12.0 Å². The first kappa shape index (κ1) is 17.2. The van der Waals surface area contributed by atoms with Crippen molar-refractivity contribution < 1.29 is 14.3 Å². The van der Waals surface area contributed by atoms with E-state index < -0.39 is 12.0 Å². The van der Waals surface area contributed by atoms with Gasteiger partial charge in [-0.05, 0) is 23.3 Å². The van der Waals surface area contributed by atoms with Crippen LogP contribution in [0.4, 0.5) is 0 Å². The van der Waals surface area contributed by atoms with Gasteiger partial charge in [0, 0.05) is 6.42 Å². The van der Waals surface area contributed by atoms with Crippen LogP contribution in [-0.2, 0) is 27.2 Å². The van der Waals surface area contributed by atoms with Gasteiger partial charge < -0.3 is 10.1 Å². The van der Waals surface area contributed by atoms with Crippen molar-refractivity contribution in [3.05, 3.63) is 71.3 Å². The van der Waals surface area contributed by atoms with Gasteiger partial charge in [0.1, 0.15) is 6.04 Å². The molecule has 0 aromatic heterocycles. The highest BCUT2D eigenvalue weighted by Gasteiger charge is 2.22. The second kappa shape index (κ2) is 8.49. The van der Waals surface area contributed by atoms with Crippen LogP contribution in [0.5, 0.6) is 0 Å². The summed E-state index contributed by atoms with van der Waals surface area (Å²) in [5.41, 5.74) is 2.25. The van der Waals surface area contributed by atoms with Crippen LogP contribution in [0.3, 0.4) is 0 Å². The first-order valence-electron chi connectivity index (χ1n) is 7.52. The highest BCUT2D eigenvalue weighted by atomic mass is 16.5. The summed E-state index contributed by atoms with van der Waals surface area (Å²) in [4.78, 5) is 24.1. The first-order chi connectivity index (χ1) is 11.6. The summed E-state index contributed by atoms with van der Waals surface area (Å²) in [6, 6.07) is 17.5. The van der Waals surface area contributed by atoms with Crippen LogP contribution in [0.25, 0.3) is 0 Å². The Morgan fingerprint density at radius 2 is 1.75 bits per heavy atom. The molecule has 0 heterocycles. The zero-order valence-electron chi connectivity index (χ0n) is 13.4. The number of hydrogen-bond donors (Lipinski definition) is 1. The van der Waals surface area contributed by atoms with Gasteiger partial charge >= 0.3 is 5.97 Å². The highest BCUT2D eigenvalue weighted by Crippen LogP contribution is 2.08. The summed E-state index contributed by atoms with van der Waals surface area (Å²) in [6.07, 6.45) is 0.501. The molecule has 24 heavy (non-hydrogen) atoms. The summed E-state index contributed by atoms with van der Waals surface area (Å²) in [5, 5.41) is 11.5. The second-order valence-corrected chi connectivity index (χ2v) is 5.32. The largest absolute Gasteiger partial charge is 0.467 e. The molecule has 0 aliphatic heterocycles. The molecule has 2 aromatic rings. The molecule has 1 N–H and O–H groups in total. The number of methoxy groups -OCH3 is 1. The fourth-order valence-corrected chi connectivity index (χ4v) is 2.31. The molecular formula is C19H18N2O3. The Kier molecular flexibility index (Phi) is 6.09. The Morgan fingerprint density at radius 3 is 2.33 bits per heavy atom. The van der Waals surface area contributed by atoms with Crippen LogP contribution in [-0.4, -0.2) is 25.0 Å². The topological polar surface area (TPSA) is 79.2 Å². The number of nitrogens with one attached hydrogen (secondary N) is 1. The quantitative estimate of drug-likeness (QED) is 0.825. The molecule has 0 aliphatic rings. The van der Waals surface area contributed by atoms with Crippen molar-refractivity contribution in [2.75, 3.05) is 7.11 Å². The molecule has 0 fully saturated rings. The second-order valence-electron chi connectivity index (χ2n) is 5.32. The van der Waals surface area contributed by atoms with Gasteiger partial charge in [0.25, 0.3) is 0 Å². The lowest BCUT2D eigenvalue weighted by atomic mass is 10.0. The molecule has 0 aliphatic carbocycles. The maximum atomic E-state index is 12.2. The van der Waals surface area contributed by atoms with Crippen LogP contribution in [0.15, 0.2) is 54.6 Å². The number of ether oxygens (including phenoxy) is 1. The molecule has 0 spiro atoms. The van der Waals surface area contributed by atoms with Gasteiger partial charge in [-0.3, -0.25) is 4.79 Å². The summed E-state index contributed by atoms with van der Waals surface area (Å²) >= 11 is 0. The number of rotatable bonds is 6. The molecule has 2 rings (SSSR count). The lowest BCUT2D eigenvalue weighted by Crippen LogP contribution is -2.43. The average molecular weight is 322 g/mol. The Morgan fingerprint density at radius 1 is 1.08 bits per heavy atom. The van der Waals surface area contributed by atoms with E-state index in [2.05, 4.69) is 5.32 Å². The van der Waals surface area contributed by atoms with Crippen LogP contribution in [0.1, 0.15) is 16.7 Å². The predicted octanol–water partition coefficient (Wildman–Crippen LogP) is 2.00. The van der Waals surface area contributed by atoms with Crippen molar-refractivity contribution in [3.63, 3.8) is 0 Å². The zero-order valence-corrected chi connectivity index (χ0v) is 13.4. The van der Waals surface area contributed by atoms with Crippen LogP contribution >= 0.6 is 0 Å². The highest BCUT2D eigenvalue weighted by molar-refractivity contribution is 5.85. The lowest BCUT2D eigenvalue weighted by molar-refractivity contribution is -0.145. The fourth-order valence-electron chi connectivity index (χ4n) is 2.31. The standard InChI is InChI=1S/C19H18N2O3/c1-24-19(23)17(11-15-7-9-16(13-20)10-8-15)21-18(22)12-14-5-3-2-4-6-14/h2-10,17H,11-12H2,1H3,(H,21,22)/t17-/m0/s1. The summed E-state index contributed by atoms with van der Waals surface area (Å²) in [7, 11) is 1.29. The summed E-state index contributed by atoms with van der Waals surface area (Å²) < 4.78 is 4.77. The average Bonchev–Trinajstić information content (AvgIpc) is 2.62. The van der Waals surface area contributed by atoms with E-state index in [4.69, 9.17) is 10.00 Å². The van der Waals surface area contributed by atoms with Gasteiger partial charge in [-0.2, -0.15) is 5.26 Å². The molecule has 0 saturated carbocycles. The first-order valence-corrected chi connectivity index (χ1v) is 7.52. The van der Waals surface area contributed by atoms with Crippen molar-refractivity contribution in [1.29, 1.82) is 5.26 Å². The number of carbonyl (C=O) groups excluding carboxylic acids is 2. The Hall–Kier alpha value is -3.13. The van der Waals surface area contributed by atoms with Gasteiger partial charge in [-0.1, -0.05) is 42.5 Å². The normalized spacial score (nSPS) is 11.2. The van der Waals surface area contributed by atoms with E-state index in [-0.39, 0.29) is 12.3 Å². The van der Waals surface area contributed by atoms with E-state index in [9.17, 15) is 9.59 Å². The third-order valence-corrected chi connectivity index (χ3v) is 3.55. The molecule has 1 atom stereocenters. The minimum Gasteiger partial charge on any atom is -0.467 e. The molecule has 1 amide bonds. The fraction of sp³-hybridized carbons (Fsp3) is 0.211. The van der Waals surface area contributed by atoms with Crippen LogP contribution in [0, 0.1) is 11.3 Å². The van der Waals surface area contributed by atoms with Gasteiger partial charge in [-0.15, -0.1) is 0 Å². The van der Waals surface area contributed by atoms with Crippen LogP contribution in [0.2, 0.25) is 0 Å². The molecule has 0 radical (unpaired) electrons. The number of hydrogen-bond acceptors (Lipinski definition) is 4. The SMILES string of the molecule is COC(=O)[C@H](Cc1ccc(C#N)cc1)NC(=O)Cc1ccccc1. The van der Waals surface area contributed by atoms with E-state index in [1.165, 1.54) is 7.11 Å². The van der Waals surface area contributed by atoms with Crippen molar-refractivity contribution >= 4 is 11.9 Å². The lowest BCUT2D eigenvalue weighted by Gasteiger charge is -2.16. The molecule has 5 nitrogen and oxygen atoms in total. The maximum absolute atomic E-state index is 12.2. The number of nitrogens with zero attached hydrogens (tertiary/aromatic N) is 1. The zero-order chi connectivity index (χ0) is 17.4. The third-order valence-electron chi connectivity index (χ3n) is 3.55. The number of amides is 1. The molecule has 0 unspecified atom stereocenters. The molecule has 0 bridgehead atoms. The van der Waals surface area contributed by atoms with Gasteiger partial charge in [0.15, 0.2) is 0 Å². The van der Waals surface area contributed by atoms with Crippen molar-refractivity contribution in [2.24, 2.45) is 0 Å². The van der Waals surface area contributed by atoms with Crippen molar-refractivity contribution in [2.45, 2.75) is 18.9 Å². The molecule has 2 aromatic carbocycles. The third kappa shape index (κ3) is 4.96.